The van der Waals surface area contributed by atoms with Gasteiger partial charge in [-0.2, -0.15) is 0 Å². The highest BCUT2D eigenvalue weighted by Gasteiger charge is 2.36. The summed E-state index contributed by atoms with van der Waals surface area (Å²) in [6, 6.07) is 0. The van der Waals surface area contributed by atoms with Crippen molar-refractivity contribution in [3.63, 3.8) is 0 Å². The molecule has 0 radical (unpaired) electrons. The molecule has 0 heterocycles. The van der Waals surface area contributed by atoms with Crippen LogP contribution in [0, 0.1) is 12.3 Å². The first-order valence-corrected chi connectivity index (χ1v) is 5.30. The van der Waals surface area contributed by atoms with E-state index >= 15 is 0 Å². The minimum atomic E-state index is -4.79. The highest BCUT2D eigenvalue weighted by molar-refractivity contribution is 7.46. The van der Waals surface area contributed by atoms with Gasteiger partial charge in [0.15, 0.2) is 5.60 Å². The van der Waals surface area contributed by atoms with E-state index in [1.54, 1.807) is 5.92 Å². The molecule has 0 unspecified atom stereocenters. The zero-order valence-corrected chi connectivity index (χ0v) is 8.50. The van der Waals surface area contributed by atoms with Crippen molar-refractivity contribution < 1.29 is 33.9 Å². The van der Waals surface area contributed by atoms with Crippen LogP contribution in [0.15, 0.2) is 0 Å². The SMILES string of the molecule is C#C[C@@](O)(COP(=O)(O)O)[C@@H](O)CC=O. The lowest BCUT2D eigenvalue weighted by atomic mass is 9.97. The van der Waals surface area contributed by atoms with Crippen LogP contribution in [0.2, 0.25) is 0 Å². The van der Waals surface area contributed by atoms with E-state index in [2.05, 4.69) is 4.52 Å². The summed E-state index contributed by atoms with van der Waals surface area (Å²) in [6.45, 7) is -0.969. The number of terminal acetylenes is 1. The van der Waals surface area contributed by atoms with Crippen LogP contribution in [-0.2, 0) is 13.9 Å². The highest BCUT2D eigenvalue weighted by Crippen LogP contribution is 2.37. The molecule has 15 heavy (non-hydrogen) atoms. The second-order valence-corrected chi connectivity index (χ2v) is 3.99. The first-order chi connectivity index (χ1) is 6.75. The maximum Gasteiger partial charge on any atom is 0.469 e. The lowest BCUT2D eigenvalue weighted by molar-refractivity contribution is -0.115. The Hall–Kier alpha value is -0.740. The number of carbonyl (C=O) groups excluding carboxylic acids is 1. The van der Waals surface area contributed by atoms with Crippen LogP contribution in [0.4, 0.5) is 0 Å². The van der Waals surface area contributed by atoms with E-state index in [1.807, 2.05) is 0 Å². The summed E-state index contributed by atoms with van der Waals surface area (Å²) in [5.74, 6) is 1.71. The number of rotatable bonds is 6. The summed E-state index contributed by atoms with van der Waals surface area (Å²) < 4.78 is 14.3. The molecular weight excluding hydrogens is 227 g/mol. The fraction of sp³-hybridized carbons (Fsp3) is 0.571. The maximum absolute atomic E-state index is 10.3. The molecule has 0 aliphatic carbocycles. The number of carbonyl (C=O) groups is 1. The monoisotopic (exact) mass is 238 g/mol. The summed E-state index contributed by atoms with van der Waals surface area (Å²) in [5, 5.41) is 18.7. The van der Waals surface area contributed by atoms with Crippen LogP contribution in [0.3, 0.4) is 0 Å². The van der Waals surface area contributed by atoms with Gasteiger partial charge in [-0.05, 0) is 0 Å². The predicted molar refractivity (Wildman–Crippen MR) is 48.5 cm³/mol. The molecule has 2 atom stereocenters. The van der Waals surface area contributed by atoms with Crippen molar-refractivity contribution in [3.05, 3.63) is 0 Å². The summed E-state index contributed by atoms with van der Waals surface area (Å²) >= 11 is 0. The molecule has 8 heteroatoms. The van der Waals surface area contributed by atoms with Crippen molar-refractivity contribution in [1.82, 2.24) is 0 Å². The van der Waals surface area contributed by atoms with Gasteiger partial charge in [-0.25, -0.2) is 4.57 Å². The second kappa shape index (κ2) is 5.37. The zero-order chi connectivity index (χ0) is 12.1. The molecule has 0 aliphatic rings. The van der Waals surface area contributed by atoms with E-state index in [1.165, 1.54) is 0 Å². The molecule has 0 saturated carbocycles. The first kappa shape index (κ1) is 14.3. The standard InChI is InChI=1S/C7H11O7P/c1-2-7(10,6(9)3-4-8)5-14-15(11,12)13/h1,4,6,9-10H,3,5H2,(H2,11,12,13)/t6-,7+/m0/s1. The molecular formula is C7H11O7P. The Kier molecular flexibility index (Phi) is 5.11. The van der Waals surface area contributed by atoms with Gasteiger partial charge in [0.1, 0.15) is 19.0 Å². The normalized spacial score (nSPS) is 17.5. The molecule has 0 aromatic rings. The maximum atomic E-state index is 10.3. The van der Waals surface area contributed by atoms with Gasteiger partial charge in [-0.1, -0.05) is 5.92 Å². The Bertz CT molecular complexity index is 303. The third kappa shape index (κ3) is 5.04. The van der Waals surface area contributed by atoms with E-state index in [0.717, 1.165) is 0 Å². The van der Waals surface area contributed by atoms with Gasteiger partial charge in [-0.3, -0.25) is 4.52 Å². The van der Waals surface area contributed by atoms with Crippen LogP contribution >= 0.6 is 7.82 Å². The van der Waals surface area contributed by atoms with Crippen molar-refractivity contribution >= 4 is 14.1 Å². The van der Waals surface area contributed by atoms with Crippen LogP contribution in [0.5, 0.6) is 0 Å². The van der Waals surface area contributed by atoms with Crippen molar-refractivity contribution in [1.29, 1.82) is 0 Å². The number of phosphoric acid groups is 1. The molecule has 0 aliphatic heterocycles. The van der Waals surface area contributed by atoms with Crippen molar-refractivity contribution in [2.45, 2.75) is 18.1 Å². The topological polar surface area (TPSA) is 124 Å². The molecule has 7 nitrogen and oxygen atoms in total. The molecule has 4 N–H and O–H groups in total. The molecule has 86 valence electrons. The van der Waals surface area contributed by atoms with Gasteiger partial charge >= 0.3 is 7.82 Å². The number of hydrogen-bond acceptors (Lipinski definition) is 5. The Labute approximate surface area is 85.9 Å². The minimum absolute atomic E-state index is 0.310. The fourth-order valence-electron chi connectivity index (χ4n) is 0.703. The Morgan fingerprint density at radius 3 is 2.47 bits per heavy atom. The van der Waals surface area contributed by atoms with Gasteiger partial charge in [0, 0.05) is 6.42 Å². The van der Waals surface area contributed by atoms with Crippen LogP contribution in [0.1, 0.15) is 6.42 Å². The van der Waals surface area contributed by atoms with Gasteiger partial charge < -0.3 is 24.8 Å². The number of hydrogen-bond donors (Lipinski definition) is 4. The Morgan fingerprint density at radius 2 is 2.13 bits per heavy atom. The highest BCUT2D eigenvalue weighted by atomic mass is 31.2. The smallest absolute Gasteiger partial charge is 0.389 e. The average molecular weight is 238 g/mol. The van der Waals surface area contributed by atoms with E-state index in [4.69, 9.17) is 16.2 Å². The summed E-state index contributed by atoms with van der Waals surface area (Å²) in [6.07, 6.45) is 3.05. The van der Waals surface area contributed by atoms with Crippen LogP contribution in [0.25, 0.3) is 0 Å². The molecule has 0 rings (SSSR count). The van der Waals surface area contributed by atoms with Gasteiger partial charge in [0.25, 0.3) is 0 Å². The van der Waals surface area contributed by atoms with E-state index in [-0.39, 0.29) is 0 Å². The van der Waals surface area contributed by atoms with E-state index in [0.29, 0.717) is 6.29 Å². The third-order valence-electron chi connectivity index (χ3n) is 1.57. The quantitative estimate of drug-likeness (QED) is 0.250. The number of phosphoric ester groups is 1. The lowest BCUT2D eigenvalue weighted by Gasteiger charge is -2.26. The van der Waals surface area contributed by atoms with Crippen molar-refractivity contribution in [2.75, 3.05) is 6.61 Å². The number of aldehydes is 1. The molecule has 0 amide bonds. The van der Waals surface area contributed by atoms with Gasteiger partial charge in [-0.15, -0.1) is 6.42 Å². The summed E-state index contributed by atoms with van der Waals surface area (Å²) in [7, 11) is -4.79. The first-order valence-electron chi connectivity index (χ1n) is 3.77. The minimum Gasteiger partial charge on any atom is -0.389 e. The van der Waals surface area contributed by atoms with Gasteiger partial charge in [0.2, 0.25) is 0 Å². The molecule has 0 bridgehead atoms. The van der Waals surface area contributed by atoms with Gasteiger partial charge in [0.05, 0.1) is 0 Å². The predicted octanol–water partition coefficient (Wildman–Crippen LogP) is -1.59. The largest absolute Gasteiger partial charge is 0.469 e. The molecule has 0 spiro atoms. The molecule has 0 saturated heterocycles. The number of aliphatic hydroxyl groups excluding tert-OH is 1. The third-order valence-corrected chi connectivity index (χ3v) is 2.04. The summed E-state index contributed by atoms with van der Waals surface area (Å²) in [5.41, 5.74) is -2.30. The molecule has 0 fully saturated rings. The fourth-order valence-corrected chi connectivity index (χ4v) is 1.07. The van der Waals surface area contributed by atoms with E-state index in [9.17, 15) is 19.6 Å². The summed E-state index contributed by atoms with van der Waals surface area (Å²) in [4.78, 5) is 26.7. The second-order valence-electron chi connectivity index (χ2n) is 2.75. The average Bonchev–Trinajstić information content (AvgIpc) is 2.13. The van der Waals surface area contributed by atoms with E-state index < -0.39 is 32.6 Å². The van der Waals surface area contributed by atoms with Crippen molar-refractivity contribution in [3.8, 4) is 12.3 Å². The van der Waals surface area contributed by atoms with Crippen molar-refractivity contribution in [2.24, 2.45) is 0 Å². The van der Waals surface area contributed by atoms with Crippen LogP contribution in [-0.4, -0.2) is 44.6 Å². The zero-order valence-electron chi connectivity index (χ0n) is 7.61. The number of aliphatic hydroxyl groups is 2. The molecule has 0 aromatic carbocycles. The Balaban J connectivity index is 4.52. The van der Waals surface area contributed by atoms with Crippen LogP contribution < -0.4 is 0 Å². The lowest BCUT2D eigenvalue weighted by Crippen LogP contribution is -2.45. The Morgan fingerprint density at radius 1 is 1.60 bits per heavy atom. The molecule has 0 aromatic heterocycles.